The van der Waals surface area contributed by atoms with Crippen molar-refractivity contribution in [3.05, 3.63) is 0 Å². The Kier molecular flexibility index (Phi) is 7.89. The molecule has 0 aliphatic carbocycles. The third-order valence-electron chi connectivity index (χ3n) is 8.40. The van der Waals surface area contributed by atoms with Gasteiger partial charge < -0.3 is 0 Å². The van der Waals surface area contributed by atoms with Crippen LogP contribution in [0.3, 0.4) is 0 Å². The van der Waals surface area contributed by atoms with Crippen LogP contribution < -0.4 is 0 Å². The lowest BCUT2D eigenvalue weighted by molar-refractivity contribution is -0.00409. The minimum atomic E-state index is 0.364. The Hall–Kier alpha value is -0.0800. The van der Waals surface area contributed by atoms with E-state index in [0.717, 1.165) is 23.9 Å². The summed E-state index contributed by atoms with van der Waals surface area (Å²) in [4.78, 5) is 5.44. The molecule has 0 spiro atoms. The molecule has 0 amide bonds. The zero-order chi connectivity index (χ0) is 23.1. The molecule has 3 heterocycles. The fourth-order valence-electron chi connectivity index (χ4n) is 6.40. The highest BCUT2D eigenvalue weighted by atomic mass is 15.3. The summed E-state index contributed by atoms with van der Waals surface area (Å²) in [6.45, 7) is 31.1. The van der Waals surface area contributed by atoms with E-state index in [1.165, 1.54) is 51.6 Å². The Labute approximate surface area is 190 Å². The largest absolute Gasteiger partial charge is 0.298 e. The lowest BCUT2D eigenvalue weighted by Gasteiger charge is -2.49. The molecule has 0 saturated carbocycles. The molecule has 3 aliphatic rings. The summed E-state index contributed by atoms with van der Waals surface area (Å²) in [5, 5.41) is 0. The molecule has 0 aromatic rings. The molecule has 1 unspecified atom stereocenters. The van der Waals surface area contributed by atoms with Gasteiger partial charge in [0.05, 0.1) is 0 Å². The van der Waals surface area contributed by atoms with E-state index in [0.29, 0.717) is 21.9 Å². The second kappa shape index (κ2) is 9.05. The van der Waals surface area contributed by atoms with Gasteiger partial charge in [-0.05, 0) is 116 Å². The minimum absolute atomic E-state index is 0.364. The van der Waals surface area contributed by atoms with Crippen molar-refractivity contribution in [1.82, 2.24) is 9.80 Å². The van der Waals surface area contributed by atoms with Gasteiger partial charge in [0.2, 0.25) is 0 Å². The van der Waals surface area contributed by atoms with Crippen LogP contribution in [0.1, 0.15) is 122 Å². The zero-order valence-corrected chi connectivity index (χ0v) is 22.9. The third kappa shape index (κ3) is 6.71. The number of likely N-dealkylation sites (tertiary alicyclic amines) is 1. The molecule has 3 saturated heterocycles. The molecule has 2 nitrogen and oxygen atoms in total. The molecular formula is C28H56N2. The van der Waals surface area contributed by atoms with Gasteiger partial charge >= 0.3 is 0 Å². The van der Waals surface area contributed by atoms with E-state index in [9.17, 15) is 0 Å². The maximum absolute atomic E-state index is 2.81. The Morgan fingerprint density at radius 1 is 0.500 bits per heavy atom. The van der Waals surface area contributed by atoms with Crippen LogP contribution >= 0.6 is 0 Å². The highest BCUT2D eigenvalue weighted by Gasteiger charge is 2.47. The Morgan fingerprint density at radius 2 is 0.900 bits per heavy atom. The van der Waals surface area contributed by atoms with E-state index < -0.39 is 0 Å². The van der Waals surface area contributed by atoms with Crippen molar-refractivity contribution < 1.29 is 0 Å². The molecule has 3 rings (SSSR count). The zero-order valence-electron chi connectivity index (χ0n) is 22.9. The fourth-order valence-corrected chi connectivity index (χ4v) is 6.40. The molecule has 3 atom stereocenters. The number of rotatable bonds is 0. The maximum Gasteiger partial charge on any atom is 0.0130 e. The quantitative estimate of drug-likeness (QED) is 0.397. The first-order chi connectivity index (χ1) is 13.4. The molecule has 0 aromatic heterocycles. The molecule has 2 bridgehead atoms. The van der Waals surface area contributed by atoms with Crippen LogP contribution in [-0.2, 0) is 0 Å². The number of hydrogen-bond acceptors (Lipinski definition) is 2. The van der Waals surface area contributed by atoms with Crippen molar-refractivity contribution in [2.75, 3.05) is 13.1 Å². The predicted octanol–water partition coefficient (Wildman–Crippen LogP) is 7.62. The number of hydrogen-bond donors (Lipinski definition) is 0. The molecule has 178 valence electrons. The van der Waals surface area contributed by atoms with Gasteiger partial charge in [0, 0.05) is 23.2 Å². The van der Waals surface area contributed by atoms with Crippen molar-refractivity contribution in [1.29, 1.82) is 0 Å². The normalized spacial score (nSPS) is 30.2. The number of nitrogens with zero attached hydrogens (tertiary/aromatic N) is 2. The Balaban J connectivity index is 0.000000216. The van der Waals surface area contributed by atoms with E-state index in [1.807, 2.05) is 0 Å². The molecule has 2 heteroatoms. The molecule has 0 N–H and O–H groups in total. The smallest absolute Gasteiger partial charge is 0.0130 e. The van der Waals surface area contributed by atoms with Gasteiger partial charge in [-0.15, -0.1) is 0 Å². The predicted molar refractivity (Wildman–Crippen MR) is 134 cm³/mol. The van der Waals surface area contributed by atoms with Crippen molar-refractivity contribution in [2.45, 2.75) is 145 Å². The highest BCUT2D eigenvalue weighted by Crippen LogP contribution is 2.47. The van der Waals surface area contributed by atoms with Gasteiger partial charge in [-0.1, -0.05) is 41.5 Å². The minimum Gasteiger partial charge on any atom is -0.298 e. The lowest BCUT2D eigenvalue weighted by Crippen LogP contribution is -2.54. The van der Waals surface area contributed by atoms with Crippen LogP contribution in [0.15, 0.2) is 0 Å². The molecule has 3 fully saturated rings. The van der Waals surface area contributed by atoms with Gasteiger partial charge in [-0.3, -0.25) is 9.80 Å². The first kappa shape index (κ1) is 26.2. The Bertz CT molecular complexity index is 493. The molecule has 0 aromatic carbocycles. The average Bonchev–Trinajstić information content (AvgIpc) is 2.84. The summed E-state index contributed by atoms with van der Waals surface area (Å²) in [5.41, 5.74) is 1.74. The van der Waals surface area contributed by atoms with E-state index in [-0.39, 0.29) is 0 Å². The highest BCUT2D eigenvalue weighted by molar-refractivity contribution is 5.01. The van der Waals surface area contributed by atoms with Crippen LogP contribution in [0.25, 0.3) is 0 Å². The first-order valence-electron chi connectivity index (χ1n) is 12.9. The SMILES string of the molecule is CC(C)(C)C1CCN(C(C)(C)C)CC1.CC(C)(C)C1C[C@H]2CC[C@@H](C1)N2C(C)(C)C. The molecule has 0 radical (unpaired) electrons. The van der Waals surface area contributed by atoms with Gasteiger partial charge in [-0.2, -0.15) is 0 Å². The van der Waals surface area contributed by atoms with Crippen LogP contribution in [0, 0.1) is 22.7 Å². The number of fused-ring (bicyclic) bond motifs is 2. The van der Waals surface area contributed by atoms with Gasteiger partial charge in [-0.25, -0.2) is 0 Å². The number of piperidine rings is 2. The summed E-state index contributed by atoms with van der Waals surface area (Å²) in [7, 11) is 0. The van der Waals surface area contributed by atoms with Gasteiger partial charge in [0.25, 0.3) is 0 Å². The summed E-state index contributed by atoms with van der Waals surface area (Å²) >= 11 is 0. The monoisotopic (exact) mass is 420 g/mol. The molecular weight excluding hydrogens is 364 g/mol. The van der Waals surface area contributed by atoms with Crippen LogP contribution in [0.5, 0.6) is 0 Å². The van der Waals surface area contributed by atoms with Gasteiger partial charge in [0.15, 0.2) is 0 Å². The lowest BCUT2D eigenvalue weighted by atomic mass is 9.72. The topological polar surface area (TPSA) is 6.48 Å². The summed E-state index contributed by atoms with van der Waals surface area (Å²) in [6, 6.07) is 1.73. The van der Waals surface area contributed by atoms with Gasteiger partial charge in [0.1, 0.15) is 0 Å². The third-order valence-corrected chi connectivity index (χ3v) is 8.40. The van der Waals surface area contributed by atoms with E-state index in [2.05, 4.69) is 92.9 Å². The first-order valence-corrected chi connectivity index (χ1v) is 12.9. The van der Waals surface area contributed by atoms with Crippen LogP contribution in [-0.4, -0.2) is 46.1 Å². The van der Waals surface area contributed by atoms with E-state index >= 15 is 0 Å². The van der Waals surface area contributed by atoms with Crippen LogP contribution in [0.4, 0.5) is 0 Å². The second-order valence-electron chi connectivity index (χ2n) is 14.8. The average molecular weight is 421 g/mol. The molecule has 30 heavy (non-hydrogen) atoms. The van der Waals surface area contributed by atoms with E-state index in [1.54, 1.807) is 0 Å². The maximum atomic E-state index is 2.81. The fraction of sp³-hybridized carbons (Fsp3) is 1.00. The summed E-state index contributed by atoms with van der Waals surface area (Å²) in [6.07, 6.45) is 8.49. The Morgan fingerprint density at radius 3 is 1.20 bits per heavy atom. The summed E-state index contributed by atoms with van der Waals surface area (Å²) in [5.74, 6) is 1.85. The second-order valence-corrected chi connectivity index (χ2v) is 14.8. The van der Waals surface area contributed by atoms with Crippen molar-refractivity contribution in [3.63, 3.8) is 0 Å². The van der Waals surface area contributed by atoms with Crippen molar-refractivity contribution >= 4 is 0 Å². The van der Waals surface area contributed by atoms with Crippen molar-refractivity contribution in [2.24, 2.45) is 22.7 Å². The van der Waals surface area contributed by atoms with E-state index in [4.69, 9.17) is 0 Å². The molecule has 3 aliphatic heterocycles. The van der Waals surface area contributed by atoms with Crippen LogP contribution in [0.2, 0.25) is 0 Å². The standard InChI is InChI=1S/C15H29N.C13H27N/c1-14(2,3)11-9-12-7-8-13(10-11)16(12)15(4,5)6;1-12(2,3)11-7-9-14(10-8-11)13(4,5)6/h11-13H,7-10H2,1-6H3;11H,7-10H2,1-6H3/t11?,12-,13+;. The summed E-state index contributed by atoms with van der Waals surface area (Å²) < 4.78 is 0. The van der Waals surface area contributed by atoms with Crippen molar-refractivity contribution in [3.8, 4) is 0 Å².